The quantitative estimate of drug-likeness (QED) is 0.310. The van der Waals surface area contributed by atoms with E-state index in [9.17, 15) is 4.79 Å². The Hall–Kier alpha value is -0.610. The largest absolute Gasteiger partial charge is 0.377 e. The average molecular weight is 491 g/mol. The highest BCUT2D eigenvalue weighted by atomic mass is 127. The highest BCUT2D eigenvalue weighted by Crippen LogP contribution is 2.62. The van der Waals surface area contributed by atoms with Crippen LogP contribution in [0, 0.1) is 11.3 Å². The number of guanidine groups is 1. The third-order valence-corrected chi connectivity index (χ3v) is 7.13. The number of piperidine rings is 1. The molecular formula is C19H34IN5O2. The van der Waals surface area contributed by atoms with Crippen molar-refractivity contribution < 1.29 is 9.53 Å². The highest BCUT2D eigenvalue weighted by Gasteiger charge is 2.66. The molecule has 2 heterocycles. The summed E-state index contributed by atoms with van der Waals surface area (Å²) in [5, 5.41) is 10.1. The Morgan fingerprint density at radius 1 is 1.22 bits per heavy atom. The van der Waals surface area contributed by atoms with Crippen molar-refractivity contribution in [3.63, 3.8) is 0 Å². The van der Waals surface area contributed by atoms with Crippen molar-refractivity contribution >= 4 is 35.8 Å². The molecule has 1 amide bonds. The summed E-state index contributed by atoms with van der Waals surface area (Å²) < 4.78 is 6.02. The molecule has 0 aromatic rings. The molecule has 0 radical (unpaired) electrons. The van der Waals surface area contributed by atoms with E-state index in [2.05, 4.69) is 25.8 Å². The van der Waals surface area contributed by atoms with Gasteiger partial charge in [0, 0.05) is 57.2 Å². The number of fused-ring (bicyclic) bond motifs is 2. The number of nitrogens with zero attached hydrogens (tertiary/aromatic N) is 2. The lowest BCUT2D eigenvalue weighted by atomic mass is 9.46. The van der Waals surface area contributed by atoms with Gasteiger partial charge in [0.25, 0.3) is 0 Å². The second-order valence-electron chi connectivity index (χ2n) is 8.39. The van der Waals surface area contributed by atoms with Crippen molar-refractivity contribution in [1.82, 2.24) is 20.9 Å². The summed E-state index contributed by atoms with van der Waals surface area (Å²) in [4.78, 5) is 18.2. The molecule has 4 aliphatic rings. The molecule has 0 aromatic heterocycles. The van der Waals surface area contributed by atoms with Crippen LogP contribution in [-0.4, -0.2) is 75.3 Å². The topological polar surface area (TPSA) is 78.0 Å². The number of likely N-dealkylation sites (tertiary alicyclic amines) is 1. The molecule has 4 fully saturated rings. The Bertz CT molecular complexity index is 560. The van der Waals surface area contributed by atoms with Crippen LogP contribution >= 0.6 is 24.0 Å². The fourth-order valence-corrected chi connectivity index (χ4v) is 5.48. The molecule has 0 bridgehead atoms. The predicted molar refractivity (Wildman–Crippen MR) is 116 cm³/mol. The Balaban J connectivity index is 0.00000210. The van der Waals surface area contributed by atoms with E-state index >= 15 is 0 Å². The van der Waals surface area contributed by atoms with E-state index in [4.69, 9.17) is 4.74 Å². The van der Waals surface area contributed by atoms with Gasteiger partial charge in [-0.1, -0.05) is 6.42 Å². The Morgan fingerprint density at radius 3 is 2.56 bits per heavy atom. The minimum Gasteiger partial charge on any atom is -0.377 e. The summed E-state index contributed by atoms with van der Waals surface area (Å²) in [6.45, 7) is 3.33. The van der Waals surface area contributed by atoms with Crippen molar-refractivity contribution in [3.05, 3.63) is 0 Å². The number of ether oxygens (including phenoxy) is 1. The first-order valence-corrected chi connectivity index (χ1v) is 10.2. The first-order valence-electron chi connectivity index (χ1n) is 10.2. The third-order valence-electron chi connectivity index (χ3n) is 7.13. The van der Waals surface area contributed by atoms with Crippen molar-refractivity contribution in [1.29, 1.82) is 0 Å². The second kappa shape index (κ2) is 8.82. The summed E-state index contributed by atoms with van der Waals surface area (Å²) in [5.41, 5.74) is 0.371. The summed E-state index contributed by atoms with van der Waals surface area (Å²) in [6, 6.07) is 0.943. The summed E-state index contributed by atoms with van der Waals surface area (Å²) in [5.74, 6) is 1.69. The number of hydrogen-bond donors (Lipinski definition) is 3. The zero-order valence-corrected chi connectivity index (χ0v) is 18.8. The fourth-order valence-electron chi connectivity index (χ4n) is 5.48. The van der Waals surface area contributed by atoms with E-state index in [1.165, 1.54) is 25.7 Å². The van der Waals surface area contributed by atoms with Crippen LogP contribution < -0.4 is 16.0 Å². The van der Waals surface area contributed by atoms with Crippen molar-refractivity contribution in [2.45, 2.75) is 56.7 Å². The molecular weight excluding hydrogens is 457 g/mol. The minimum absolute atomic E-state index is 0. The molecule has 0 aromatic carbocycles. The average Bonchev–Trinajstić information content (AvgIpc) is 3.03. The number of hydrogen-bond acceptors (Lipinski definition) is 4. The molecule has 3 atom stereocenters. The number of likely N-dealkylation sites (N-methyl/N-ethyl adjacent to an activating group) is 1. The van der Waals surface area contributed by atoms with Crippen LogP contribution in [-0.2, 0) is 9.53 Å². The van der Waals surface area contributed by atoms with Gasteiger partial charge in [-0.3, -0.25) is 14.7 Å². The number of carbonyl (C=O) groups is 1. The van der Waals surface area contributed by atoms with Gasteiger partial charge in [0.15, 0.2) is 5.96 Å². The lowest BCUT2D eigenvalue weighted by Crippen LogP contribution is -2.72. The van der Waals surface area contributed by atoms with E-state index < -0.39 is 0 Å². The van der Waals surface area contributed by atoms with Crippen LogP contribution in [0.15, 0.2) is 4.99 Å². The molecule has 3 N–H and O–H groups in total. The maximum Gasteiger partial charge on any atom is 0.233 e. The Kier molecular flexibility index (Phi) is 6.89. The van der Waals surface area contributed by atoms with Crippen molar-refractivity contribution in [2.24, 2.45) is 16.3 Å². The molecule has 8 heteroatoms. The standard InChI is InChI=1S/C19H33N5O2.HI/c1-20-15(25)12-24-9-4-13(5-10-24)22-18(21-2)23-16-14-6-11-26-17(14)19(16)7-3-8-19;/h13-14,16-17H,3-12H2,1-2H3,(H,20,25)(H2,21,22,23);1H. The zero-order chi connectivity index (χ0) is 18.1. The normalized spacial score (nSPS) is 32.7. The van der Waals surface area contributed by atoms with Crippen LogP contribution in [0.4, 0.5) is 0 Å². The van der Waals surface area contributed by atoms with Crippen LogP contribution in [0.1, 0.15) is 38.5 Å². The number of amides is 1. The van der Waals surface area contributed by atoms with Crippen molar-refractivity contribution in [2.75, 3.05) is 40.3 Å². The van der Waals surface area contributed by atoms with Crippen molar-refractivity contribution in [3.8, 4) is 0 Å². The van der Waals surface area contributed by atoms with Gasteiger partial charge in [-0.15, -0.1) is 24.0 Å². The van der Waals surface area contributed by atoms with Gasteiger partial charge in [0.05, 0.1) is 12.6 Å². The van der Waals surface area contributed by atoms with Crippen LogP contribution in [0.3, 0.4) is 0 Å². The highest BCUT2D eigenvalue weighted by molar-refractivity contribution is 14.0. The van der Waals surface area contributed by atoms with Gasteiger partial charge >= 0.3 is 0 Å². The van der Waals surface area contributed by atoms with Gasteiger partial charge in [0.1, 0.15) is 0 Å². The van der Waals surface area contributed by atoms with Gasteiger partial charge in [-0.25, -0.2) is 0 Å². The smallest absolute Gasteiger partial charge is 0.233 e. The summed E-state index contributed by atoms with van der Waals surface area (Å²) >= 11 is 0. The molecule has 2 saturated carbocycles. The van der Waals surface area contributed by atoms with Crippen LogP contribution in [0.2, 0.25) is 0 Å². The molecule has 1 spiro atoms. The number of rotatable bonds is 4. The molecule has 2 aliphatic heterocycles. The SMILES string of the molecule is CN=C(NC1CCN(CC(=O)NC)CC1)NC1C2CCOC2C12CCC2.I. The number of nitrogens with one attached hydrogen (secondary N) is 3. The Labute approximate surface area is 179 Å². The third kappa shape index (κ3) is 3.94. The van der Waals surface area contributed by atoms with Gasteiger partial charge in [-0.05, 0) is 32.1 Å². The summed E-state index contributed by atoms with van der Waals surface area (Å²) in [6.07, 6.45) is 7.67. The first-order chi connectivity index (χ1) is 12.7. The molecule has 7 nitrogen and oxygen atoms in total. The monoisotopic (exact) mass is 491 g/mol. The van der Waals surface area contributed by atoms with Gasteiger partial charge in [-0.2, -0.15) is 0 Å². The van der Waals surface area contributed by atoms with E-state index in [0.29, 0.717) is 36.1 Å². The first kappa shape index (κ1) is 21.1. The molecule has 2 saturated heterocycles. The summed E-state index contributed by atoms with van der Waals surface area (Å²) in [7, 11) is 3.56. The van der Waals surface area contributed by atoms with Crippen LogP contribution in [0.25, 0.3) is 0 Å². The van der Waals surface area contributed by atoms with Gasteiger partial charge in [0.2, 0.25) is 5.91 Å². The van der Waals surface area contributed by atoms with E-state index in [-0.39, 0.29) is 29.9 Å². The van der Waals surface area contributed by atoms with Gasteiger partial charge < -0.3 is 20.7 Å². The lowest BCUT2D eigenvalue weighted by molar-refractivity contribution is -0.171. The molecule has 4 rings (SSSR count). The van der Waals surface area contributed by atoms with E-state index in [1.807, 2.05) is 7.05 Å². The van der Waals surface area contributed by atoms with Crippen LogP contribution in [0.5, 0.6) is 0 Å². The number of aliphatic imine (C=N–C) groups is 1. The Morgan fingerprint density at radius 2 is 1.96 bits per heavy atom. The minimum atomic E-state index is 0. The molecule has 2 aliphatic carbocycles. The molecule has 3 unspecified atom stereocenters. The number of halogens is 1. The fraction of sp³-hybridized carbons (Fsp3) is 0.895. The lowest BCUT2D eigenvalue weighted by Gasteiger charge is -2.63. The number of carbonyl (C=O) groups excluding carboxylic acids is 1. The maximum atomic E-state index is 11.5. The zero-order valence-electron chi connectivity index (χ0n) is 16.5. The molecule has 27 heavy (non-hydrogen) atoms. The second-order valence-corrected chi connectivity index (χ2v) is 8.39. The van der Waals surface area contributed by atoms with E-state index in [1.54, 1.807) is 7.05 Å². The maximum absolute atomic E-state index is 11.5. The predicted octanol–water partition coefficient (Wildman–Crippen LogP) is 0.937. The molecule has 154 valence electrons. The van der Waals surface area contributed by atoms with E-state index in [0.717, 1.165) is 38.5 Å².